The Labute approximate surface area is 82.6 Å². The maximum Gasteiger partial charge on any atom is 0.184 e. The van der Waals surface area contributed by atoms with Crippen molar-refractivity contribution in [3.8, 4) is 0 Å². The van der Waals surface area contributed by atoms with E-state index in [0.717, 1.165) is 0 Å². The lowest BCUT2D eigenvalue weighted by atomic mass is 10.0. The van der Waals surface area contributed by atoms with Crippen molar-refractivity contribution in [3.63, 3.8) is 0 Å². The zero-order valence-electron chi connectivity index (χ0n) is 8.51. The van der Waals surface area contributed by atoms with Gasteiger partial charge in [-0.05, 0) is 20.8 Å². The van der Waals surface area contributed by atoms with Gasteiger partial charge in [0.25, 0.3) is 0 Å². The zero-order chi connectivity index (χ0) is 10.5. The molecule has 0 aliphatic carbocycles. The van der Waals surface area contributed by atoms with E-state index in [2.05, 4.69) is 0 Å². The summed E-state index contributed by atoms with van der Waals surface area (Å²) < 4.78 is 16.0. The molecule has 0 bridgehead atoms. The second-order valence-electron chi connectivity index (χ2n) is 4.29. The average molecular weight is 204 g/mol. The Morgan fingerprint density at radius 1 is 1.07 bits per heavy atom. The van der Waals surface area contributed by atoms with Gasteiger partial charge in [-0.25, -0.2) is 0 Å². The van der Waals surface area contributed by atoms with Crippen LogP contribution >= 0.6 is 0 Å². The molecular formula is C9H16O5. The van der Waals surface area contributed by atoms with Crippen LogP contribution in [0.1, 0.15) is 20.8 Å². The fourth-order valence-corrected chi connectivity index (χ4v) is 1.95. The average Bonchev–Trinajstić information content (AvgIpc) is 2.38. The number of hydrogen-bond donors (Lipinski definition) is 2. The molecule has 0 radical (unpaired) electrons. The number of fused-ring (bicyclic) bond motifs is 1. The van der Waals surface area contributed by atoms with Crippen LogP contribution in [0.5, 0.6) is 0 Å². The molecule has 0 aromatic carbocycles. The highest BCUT2D eigenvalue weighted by Gasteiger charge is 2.53. The molecule has 82 valence electrons. The van der Waals surface area contributed by atoms with Crippen molar-refractivity contribution in [1.82, 2.24) is 0 Å². The van der Waals surface area contributed by atoms with Gasteiger partial charge in [-0.2, -0.15) is 0 Å². The van der Waals surface area contributed by atoms with Gasteiger partial charge in [0.2, 0.25) is 0 Å². The van der Waals surface area contributed by atoms with Crippen molar-refractivity contribution in [3.05, 3.63) is 0 Å². The SMILES string of the molecule is C[C@@H]1O[C@@H](O)[C@@H]2OC(C)(C)O[C@@H]2[C@H]1O. The molecule has 0 amide bonds. The Bertz CT molecular complexity index is 229. The van der Waals surface area contributed by atoms with Crippen molar-refractivity contribution < 1.29 is 24.4 Å². The molecule has 2 heterocycles. The number of ether oxygens (including phenoxy) is 3. The molecule has 0 unspecified atom stereocenters. The van der Waals surface area contributed by atoms with E-state index in [0.29, 0.717) is 0 Å². The van der Waals surface area contributed by atoms with E-state index >= 15 is 0 Å². The third kappa shape index (κ3) is 1.55. The quantitative estimate of drug-likeness (QED) is 0.562. The first kappa shape index (κ1) is 10.3. The van der Waals surface area contributed by atoms with E-state index in [-0.39, 0.29) is 0 Å². The number of aliphatic hydroxyl groups is 2. The minimum absolute atomic E-state index is 0.441. The number of rotatable bonds is 0. The molecule has 0 aromatic heterocycles. The third-order valence-corrected chi connectivity index (χ3v) is 2.62. The van der Waals surface area contributed by atoms with Crippen LogP contribution in [0.4, 0.5) is 0 Å². The second-order valence-corrected chi connectivity index (χ2v) is 4.29. The van der Waals surface area contributed by atoms with Crippen molar-refractivity contribution in [2.45, 2.75) is 57.3 Å². The van der Waals surface area contributed by atoms with Gasteiger partial charge in [0.1, 0.15) is 18.3 Å². The molecule has 2 aliphatic rings. The molecule has 2 rings (SSSR count). The molecular weight excluding hydrogens is 188 g/mol. The molecule has 2 fully saturated rings. The van der Waals surface area contributed by atoms with Crippen LogP contribution < -0.4 is 0 Å². The molecule has 14 heavy (non-hydrogen) atoms. The molecule has 2 saturated heterocycles. The summed E-state index contributed by atoms with van der Waals surface area (Å²) in [4.78, 5) is 0. The lowest BCUT2D eigenvalue weighted by Crippen LogP contribution is -2.55. The highest BCUT2D eigenvalue weighted by Crippen LogP contribution is 2.36. The molecule has 5 nitrogen and oxygen atoms in total. The van der Waals surface area contributed by atoms with Crippen LogP contribution in [0.3, 0.4) is 0 Å². The van der Waals surface area contributed by atoms with Crippen LogP contribution in [0.25, 0.3) is 0 Å². The Balaban J connectivity index is 2.18. The first-order valence-electron chi connectivity index (χ1n) is 4.78. The number of hydrogen-bond acceptors (Lipinski definition) is 5. The Hall–Kier alpha value is -0.200. The Morgan fingerprint density at radius 2 is 1.64 bits per heavy atom. The summed E-state index contributed by atoms with van der Waals surface area (Å²) in [6.07, 6.45) is -3.34. The summed E-state index contributed by atoms with van der Waals surface area (Å²) in [6, 6.07) is 0. The summed E-state index contributed by atoms with van der Waals surface area (Å²) in [7, 11) is 0. The summed E-state index contributed by atoms with van der Waals surface area (Å²) in [5, 5.41) is 19.3. The summed E-state index contributed by atoms with van der Waals surface area (Å²) in [5.41, 5.74) is 0. The van der Waals surface area contributed by atoms with Crippen molar-refractivity contribution in [2.24, 2.45) is 0 Å². The van der Waals surface area contributed by atoms with Gasteiger partial charge < -0.3 is 24.4 Å². The van der Waals surface area contributed by atoms with Gasteiger partial charge in [-0.3, -0.25) is 0 Å². The number of aliphatic hydroxyl groups excluding tert-OH is 2. The standard InChI is InChI=1S/C9H16O5/c1-4-5(10)6-7(8(11)12-4)14-9(2,3)13-6/h4-8,10-11H,1-3H3/t4-,5-,6+,7+,8+/m0/s1. The monoisotopic (exact) mass is 204 g/mol. The van der Waals surface area contributed by atoms with Gasteiger partial charge in [-0.1, -0.05) is 0 Å². The summed E-state index contributed by atoms with van der Waals surface area (Å²) in [5.74, 6) is -0.773. The van der Waals surface area contributed by atoms with Crippen molar-refractivity contribution in [2.75, 3.05) is 0 Å². The lowest BCUT2D eigenvalue weighted by molar-refractivity contribution is -0.252. The van der Waals surface area contributed by atoms with E-state index in [1.54, 1.807) is 20.8 Å². The third-order valence-electron chi connectivity index (χ3n) is 2.62. The minimum atomic E-state index is -1.03. The van der Waals surface area contributed by atoms with E-state index in [4.69, 9.17) is 14.2 Å². The maximum absolute atomic E-state index is 9.76. The van der Waals surface area contributed by atoms with Crippen LogP contribution in [0.2, 0.25) is 0 Å². The van der Waals surface area contributed by atoms with Crippen LogP contribution in [0, 0.1) is 0 Å². The first-order chi connectivity index (χ1) is 6.41. The second kappa shape index (κ2) is 3.15. The topological polar surface area (TPSA) is 68.2 Å². The van der Waals surface area contributed by atoms with Crippen molar-refractivity contribution in [1.29, 1.82) is 0 Å². The van der Waals surface area contributed by atoms with Crippen LogP contribution in [0.15, 0.2) is 0 Å². The summed E-state index contributed by atoms with van der Waals surface area (Å²) in [6.45, 7) is 5.18. The van der Waals surface area contributed by atoms with Gasteiger partial charge in [-0.15, -0.1) is 0 Å². The Kier molecular flexibility index (Phi) is 2.32. The predicted octanol–water partition coefficient (Wildman–Crippen LogP) is -0.396. The molecule has 0 aromatic rings. The van der Waals surface area contributed by atoms with Crippen LogP contribution in [-0.4, -0.2) is 46.7 Å². The molecule has 5 atom stereocenters. The maximum atomic E-state index is 9.76. The lowest BCUT2D eigenvalue weighted by Gasteiger charge is -2.36. The highest BCUT2D eigenvalue weighted by atomic mass is 16.8. The fraction of sp³-hybridized carbons (Fsp3) is 1.00. The normalized spacial score (nSPS) is 51.6. The van der Waals surface area contributed by atoms with Crippen LogP contribution in [-0.2, 0) is 14.2 Å². The Morgan fingerprint density at radius 3 is 2.29 bits per heavy atom. The van der Waals surface area contributed by atoms with Gasteiger partial charge in [0.15, 0.2) is 12.1 Å². The zero-order valence-corrected chi connectivity index (χ0v) is 8.51. The first-order valence-corrected chi connectivity index (χ1v) is 4.78. The molecule has 2 aliphatic heterocycles. The fourth-order valence-electron chi connectivity index (χ4n) is 1.95. The smallest absolute Gasteiger partial charge is 0.184 e. The van der Waals surface area contributed by atoms with Gasteiger partial charge in [0.05, 0.1) is 6.10 Å². The molecule has 5 heteroatoms. The van der Waals surface area contributed by atoms with E-state index in [1.165, 1.54) is 0 Å². The highest BCUT2D eigenvalue weighted by molar-refractivity contribution is 4.94. The largest absolute Gasteiger partial charge is 0.388 e. The van der Waals surface area contributed by atoms with Gasteiger partial charge in [0, 0.05) is 0 Å². The molecule has 2 N–H and O–H groups in total. The van der Waals surface area contributed by atoms with E-state index in [9.17, 15) is 10.2 Å². The predicted molar refractivity (Wildman–Crippen MR) is 46.4 cm³/mol. The minimum Gasteiger partial charge on any atom is -0.388 e. The van der Waals surface area contributed by atoms with E-state index in [1.807, 2.05) is 0 Å². The molecule has 0 saturated carbocycles. The van der Waals surface area contributed by atoms with E-state index < -0.39 is 36.5 Å². The molecule has 0 spiro atoms. The van der Waals surface area contributed by atoms with Crippen molar-refractivity contribution >= 4 is 0 Å². The van der Waals surface area contributed by atoms with Gasteiger partial charge >= 0.3 is 0 Å². The summed E-state index contributed by atoms with van der Waals surface area (Å²) >= 11 is 0.